The Hall–Kier alpha value is 0.320. The van der Waals surface area contributed by atoms with Crippen molar-refractivity contribution in [3.05, 3.63) is 0 Å². The summed E-state index contributed by atoms with van der Waals surface area (Å²) in [6, 6.07) is -1.51. The summed E-state index contributed by atoms with van der Waals surface area (Å²) in [5.41, 5.74) is 0. The second-order valence-corrected chi connectivity index (χ2v) is 20.4. The fourth-order valence-electron chi connectivity index (χ4n) is 5.99. The molecule has 4 aliphatic heterocycles. The lowest BCUT2D eigenvalue weighted by Gasteiger charge is -2.26. The Morgan fingerprint density at radius 3 is 1.35 bits per heavy atom. The Morgan fingerprint density at radius 1 is 0.617 bits per heavy atom. The molecule has 8 radical (unpaired) electrons. The van der Waals surface area contributed by atoms with Crippen molar-refractivity contribution >= 4 is 46.9 Å². The standard InChI is InChI=1S/C17H31B2O7P.2C8H15BO3.C4H12O3P.CH4/c1-10(2)21-8-14-13(7-17(19)24-14)26-27(5,20)22-9-15-12(23-11(3)4)6-16(18)25-15;1-5(2)11-4-7-6(10)3-8(9)12-7;1-5(2)11-6-3-8(9)12-7(6)4-10;1-5-8(4,6-2)7-3;/h10-17H,6-9H2,1-5H3;2*5-8,10H,3-4H2,1-2H3;1-4H3;1H4/q;;;+1;/t12-,13-,14-,15-,16-,17-,27?;2*6-,7-,8-;;/m111../s1. The van der Waals surface area contributed by atoms with E-state index in [2.05, 4.69) is 0 Å². The second kappa shape index (κ2) is 30.5. The number of hydrogen-bond acceptors (Lipinski definition) is 16. The van der Waals surface area contributed by atoms with E-state index in [1.165, 1.54) is 6.66 Å². The van der Waals surface area contributed by atoms with Gasteiger partial charge in [-0.05, 0) is 81.1 Å². The van der Waals surface area contributed by atoms with Crippen LogP contribution in [-0.4, -0.2) is 200 Å². The number of ether oxygens (including phenoxy) is 8. The van der Waals surface area contributed by atoms with Crippen LogP contribution in [0.25, 0.3) is 0 Å². The van der Waals surface area contributed by atoms with Gasteiger partial charge in [0.15, 0.2) is 0 Å². The SMILES string of the molecule is C.CO[P+](C)(OC)OC.[B][C@H]1C[C@@H](O)[C@@H](COC(C)C)O1.[B][C@H]1C[C@@H](OC(C)C)[C@@H](CO)O1.[B][C@H]1C[C@@H](OC(C)C)[C@@H](COP(C)(=O)O[C@@H]2C[C@H]([B])O[C@@H]2COC(C)C)O1. The van der Waals surface area contributed by atoms with Gasteiger partial charge in [-0.1, -0.05) is 7.43 Å². The molecule has 2 N–H and O–H groups in total. The van der Waals surface area contributed by atoms with E-state index in [1.54, 1.807) is 28.0 Å². The summed E-state index contributed by atoms with van der Waals surface area (Å²) >= 11 is 0. The van der Waals surface area contributed by atoms with Crippen molar-refractivity contribution in [3.63, 3.8) is 0 Å². The molecule has 60 heavy (non-hydrogen) atoms. The monoisotopic (exact) mass is 896 g/mol. The van der Waals surface area contributed by atoms with E-state index in [-0.39, 0.29) is 93.7 Å². The smallest absolute Gasteiger partial charge is 0.394 e. The maximum Gasteiger partial charge on any atom is 0.407 e. The van der Waals surface area contributed by atoms with E-state index in [0.717, 1.165) is 0 Å². The van der Waals surface area contributed by atoms with Crippen molar-refractivity contribution in [2.45, 2.75) is 186 Å². The quantitative estimate of drug-likeness (QED) is 0.140. The summed E-state index contributed by atoms with van der Waals surface area (Å²) in [4.78, 5) is 0. The lowest BCUT2D eigenvalue weighted by atomic mass is 9.96. The molecule has 0 aromatic heterocycles. The van der Waals surface area contributed by atoms with Crippen LogP contribution in [-0.2, 0) is 65.1 Å². The highest BCUT2D eigenvalue weighted by Crippen LogP contribution is 2.56. The van der Waals surface area contributed by atoms with Crippen LogP contribution in [0.2, 0.25) is 0 Å². The van der Waals surface area contributed by atoms with Gasteiger partial charge in [0.2, 0.25) is 0 Å². The summed E-state index contributed by atoms with van der Waals surface area (Å²) in [6.45, 7) is 19.6. The van der Waals surface area contributed by atoms with E-state index in [0.29, 0.717) is 38.9 Å². The minimum atomic E-state index is -3.35. The molecule has 0 saturated carbocycles. The molecule has 16 nitrogen and oxygen atoms in total. The number of rotatable bonds is 19. The van der Waals surface area contributed by atoms with Crippen LogP contribution in [0.3, 0.4) is 0 Å². The third-order valence-electron chi connectivity index (χ3n) is 9.00. The highest BCUT2D eigenvalue weighted by Gasteiger charge is 2.40. The van der Waals surface area contributed by atoms with Gasteiger partial charge in [0.25, 0.3) is 0 Å². The molecule has 4 aliphatic rings. The number of aliphatic hydroxyl groups excluding tert-OH is 2. The van der Waals surface area contributed by atoms with Crippen LogP contribution in [0.15, 0.2) is 0 Å². The number of hydrogen-bond donors (Lipinski definition) is 2. The van der Waals surface area contributed by atoms with Gasteiger partial charge < -0.3 is 57.2 Å². The van der Waals surface area contributed by atoms with E-state index in [9.17, 15) is 9.67 Å². The van der Waals surface area contributed by atoms with Crippen LogP contribution in [0.1, 0.15) is 88.5 Å². The molecule has 0 amide bonds. The van der Waals surface area contributed by atoms with Gasteiger partial charge in [-0.2, -0.15) is 13.6 Å². The van der Waals surface area contributed by atoms with Crippen molar-refractivity contribution in [1.29, 1.82) is 0 Å². The molecule has 1 unspecified atom stereocenters. The first-order chi connectivity index (χ1) is 27.5. The van der Waals surface area contributed by atoms with Gasteiger partial charge >= 0.3 is 15.5 Å². The Balaban J connectivity index is 0.000000875. The van der Waals surface area contributed by atoms with E-state index >= 15 is 0 Å². The zero-order chi connectivity index (χ0) is 45.1. The zero-order valence-corrected chi connectivity index (χ0v) is 39.5. The van der Waals surface area contributed by atoms with Crippen LogP contribution in [0.4, 0.5) is 0 Å². The van der Waals surface area contributed by atoms with Gasteiger partial charge in [-0.25, -0.2) is 0 Å². The minimum Gasteiger partial charge on any atom is -0.394 e. The molecule has 0 spiro atoms. The van der Waals surface area contributed by atoms with Crippen molar-refractivity contribution in [2.75, 3.05) is 61.1 Å². The van der Waals surface area contributed by atoms with Crippen molar-refractivity contribution in [1.82, 2.24) is 0 Å². The van der Waals surface area contributed by atoms with E-state index in [1.807, 2.05) is 55.4 Å². The van der Waals surface area contributed by atoms with Crippen molar-refractivity contribution in [3.8, 4) is 0 Å². The number of aliphatic hydroxyl groups is 2. The predicted octanol–water partition coefficient (Wildman–Crippen LogP) is 4.06. The molecule has 13 atom stereocenters. The average molecular weight is 895 g/mol. The maximum atomic E-state index is 12.8. The zero-order valence-electron chi connectivity index (χ0n) is 37.7. The third-order valence-corrected chi connectivity index (χ3v) is 12.3. The second-order valence-electron chi connectivity index (χ2n) is 15.8. The van der Waals surface area contributed by atoms with Crippen LogP contribution < -0.4 is 0 Å². The first-order valence-electron chi connectivity index (χ1n) is 20.4. The summed E-state index contributed by atoms with van der Waals surface area (Å²) in [6.07, 6.45) is 0.137. The van der Waals surface area contributed by atoms with Gasteiger partial charge in [-0.15, -0.1) is 0 Å². The molecule has 4 fully saturated rings. The van der Waals surface area contributed by atoms with Crippen LogP contribution in [0.5, 0.6) is 0 Å². The minimum absolute atomic E-state index is 0. The summed E-state index contributed by atoms with van der Waals surface area (Å²) < 4.78 is 82.8. The lowest BCUT2D eigenvalue weighted by Crippen LogP contribution is -2.32. The molecular formula is C38H77B4O16P2+. The highest BCUT2D eigenvalue weighted by atomic mass is 31.2. The topological polar surface area (TPSA) is 178 Å². The van der Waals surface area contributed by atoms with Crippen LogP contribution >= 0.6 is 15.5 Å². The molecule has 4 heterocycles. The highest BCUT2D eigenvalue weighted by molar-refractivity contribution is 7.60. The lowest BCUT2D eigenvalue weighted by molar-refractivity contribution is -0.0603. The Morgan fingerprint density at radius 2 is 0.983 bits per heavy atom. The van der Waals surface area contributed by atoms with Gasteiger partial charge in [0.05, 0.1) is 96.6 Å². The maximum absolute atomic E-state index is 12.8. The Bertz CT molecular complexity index is 1140. The molecular weight excluding hydrogens is 818 g/mol. The molecule has 22 heteroatoms. The molecule has 4 saturated heterocycles. The first-order valence-corrected chi connectivity index (χ1v) is 24.4. The largest absolute Gasteiger partial charge is 0.407 e. The fraction of sp³-hybridized carbons (Fsp3) is 1.00. The van der Waals surface area contributed by atoms with Gasteiger partial charge in [-0.3, -0.25) is 4.57 Å². The average Bonchev–Trinajstić information content (AvgIpc) is 3.88. The molecule has 346 valence electrons. The first kappa shape index (κ1) is 60.3. The van der Waals surface area contributed by atoms with Gasteiger partial charge in [0, 0.05) is 30.7 Å². The third kappa shape index (κ3) is 24.6. The van der Waals surface area contributed by atoms with Crippen LogP contribution in [0, 0.1) is 0 Å². The normalized spacial score (nSPS) is 32.5. The molecule has 4 rings (SSSR count). The summed E-state index contributed by atoms with van der Waals surface area (Å²) in [5.74, 6) is 0. The van der Waals surface area contributed by atoms with Crippen molar-refractivity contribution < 1.29 is 75.3 Å². The molecule has 0 aromatic carbocycles. The molecule has 0 aromatic rings. The van der Waals surface area contributed by atoms with Crippen molar-refractivity contribution in [2.24, 2.45) is 0 Å². The van der Waals surface area contributed by atoms with E-state index in [4.69, 9.17) is 97.0 Å². The Labute approximate surface area is 368 Å². The summed E-state index contributed by atoms with van der Waals surface area (Å²) in [7, 11) is 22.2. The molecule has 0 aliphatic carbocycles. The Kier molecular flexibility index (Phi) is 30.7. The summed E-state index contributed by atoms with van der Waals surface area (Å²) in [5, 5.41) is 18.3. The van der Waals surface area contributed by atoms with Gasteiger partial charge in [0.1, 0.15) is 62.5 Å². The van der Waals surface area contributed by atoms with E-state index < -0.39 is 39.8 Å². The fourth-order valence-corrected chi connectivity index (χ4v) is 7.63. The molecule has 0 bridgehead atoms. The predicted molar refractivity (Wildman–Crippen MR) is 236 cm³/mol.